The molecule has 0 aromatic heterocycles. The molecule has 0 bridgehead atoms. The zero-order chi connectivity index (χ0) is 21.5. The standard InChI is InChI=1S/C22H18N2O6/c25-21(26)14-30-20-10-9-17(16-6-2-1-3-7-16)12-19(20)22(27)23-13-15-5-4-8-18(11-15)24(28)29/h1-12H,13-14H2,(H,23,27)(H,25,26). The Morgan fingerprint density at radius 3 is 2.43 bits per heavy atom. The molecule has 3 rings (SSSR count). The number of aliphatic carboxylic acids is 1. The van der Waals surface area contributed by atoms with Crippen LogP contribution in [0.1, 0.15) is 15.9 Å². The number of nitro benzene ring substituents is 1. The van der Waals surface area contributed by atoms with Gasteiger partial charge in [0.05, 0.1) is 10.5 Å². The Morgan fingerprint density at radius 1 is 0.967 bits per heavy atom. The molecule has 3 aromatic carbocycles. The van der Waals surface area contributed by atoms with E-state index < -0.39 is 23.4 Å². The molecule has 0 saturated carbocycles. The van der Waals surface area contributed by atoms with Gasteiger partial charge >= 0.3 is 5.97 Å². The van der Waals surface area contributed by atoms with Gasteiger partial charge in [-0.3, -0.25) is 14.9 Å². The first-order valence-electron chi connectivity index (χ1n) is 8.99. The molecule has 1 amide bonds. The number of carbonyl (C=O) groups excluding carboxylic acids is 1. The minimum Gasteiger partial charge on any atom is -0.481 e. The molecule has 8 heteroatoms. The number of hydrogen-bond donors (Lipinski definition) is 2. The lowest BCUT2D eigenvalue weighted by Crippen LogP contribution is -2.24. The maximum atomic E-state index is 12.8. The van der Waals surface area contributed by atoms with Crippen molar-refractivity contribution in [1.82, 2.24) is 5.32 Å². The third-order valence-corrected chi connectivity index (χ3v) is 4.26. The highest BCUT2D eigenvalue weighted by molar-refractivity contribution is 5.98. The summed E-state index contributed by atoms with van der Waals surface area (Å²) in [5.41, 5.74) is 2.31. The smallest absolute Gasteiger partial charge is 0.341 e. The first-order valence-corrected chi connectivity index (χ1v) is 8.99. The molecular formula is C22H18N2O6. The molecule has 0 heterocycles. The van der Waals surface area contributed by atoms with E-state index in [-0.39, 0.29) is 23.5 Å². The van der Waals surface area contributed by atoms with E-state index >= 15 is 0 Å². The summed E-state index contributed by atoms with van der Waals surface area (Å²) in [4.78, 5) is 34.1. The minimum atomic E-state index is -1.16. The van der Waals surface area contributed by atoms with Crippen molar-refractivity contribution >= 4 is 17.6 Å². The number of ether oxygens (including phenoxy) is 1. The van der Waals surface area contributed by atoms with E-state index in [1.165, 1.54) is 18.2 Å². The first-order chi connectivity index (χ1) is 14.4. The zero-order valence-corrected chi connectivity index (χ0v) is 15.8. The van der Waals surface area contributed by atoms with Crippen molar-refractivity contribution in [1.29, 1.82) is 0 Å². The van der Waals surface area contributed by atoms with E-state index in [0.29, 0.717) is 5.56 Å². The third kappa shape index (κ3) is 5.20. The van der Waals surface area contributed by atoms with Crippen LogP contribution in [0.5, 0.6) is 5.75 Å². The van der Waals surface area contributed by atoms with Crippen molar-refractivity contribution in [2.75, 3.05) is 6.61 Å². The fourth-order valence-corrected chi connectivity index (χ4v) is 2.84. The number of carbonyl (C=O) groups is 2. The lowest BCUT2D eigenvalue weighted by atomic mass is 10.0. The Balaban J connectivity index is 1.85. The van der Waals surface area contributed by atoms with E-state index in [0.717, 1.165) is 11.1 Å². The fraction of sp³-hybridized carbons (Fsp3) is 0.0909. The average Bonchev–Trinajstić information content (AvgIpc) is 2.76. The van der Waals surface area contributed by atoms with E-state index in [2.05, 4.69) is 5.32 Å². The maximum absolute atomic E-state index is 12.8. The van der Waals surface area contributed by atoms with Gasteiger partial charge in [-0.2, -0.15) is 0 Å². The molecule has 30 heavy (non-hydrogen) atoms. The minimum absolute atomic E-state index is 0.0639. The summed E-state index contributed by atoms with van der Waals surface area (Å²) in [5, 5.41) is 22.5. The number of rotatable bonds is 8. The summed E-state index contributed by atoms with van der Waals surface area (Å²) in [6.07, 6.45) is 0. The van der Waals surface area contributed by atoms with Crippen LogP contribution in [-0.4, -0.2) is 28.5 Å². The van der Waals surface area contributed by atoms with Crippen molar-refractivity contribution in [3.63, 3.8) is 0 Å². The molecule has 2 N–H and O–H groups in total. The summed E-state index contributed by atoms with van der Waals surface area (Å²) < 4.78 is 5.26. The van der Waals surface area contributed by atoms with Crippen LogP contribution in [0.15, 0.2) is 72.8 Å². The van der Waals surface area contributed by atoms with Gasteiger partial charge < -0.3 is 15.2 Å². The normalized spacial score (nSPS) is 10.3. The molecule has 0 unspecified atom stereocenters. The SMILES string of the molecule is O=C(O)COc1ccc(-c2ccccc2)cc1C(=O)NCc1cccc([N+](=O)[O-])c1. The Labute approximate surface area is 171 Å². The van der Waals surface area contributed by atoms with Crippen molar-refractivity contribution in [3.05, 3.63) is 94.0 Å². The summed E-state index contributed by atoms with van der Waals surface area (Å²) in [5.74, 6) is -1.52. The Bertz CT molecular complexity index is 1080. The van der Waals surface area contributed by atoms with Gasteiger partial charge in [0.15, 0.2) is 6.61 Å². The molecule has 0 radical (unpaired) electrons. The molecule has 0 atom stereocenters. The lowest BCUT2D eigenvalue weighted by Gasteiger charge is -2.13. The summed E-state index contributed by atoms with van der Waals surface area (Å²) in [6, 6.07) is 20.2. The molecule has 8 nitrogen and oxygen atoms in total. The highest BCUT2D eigenvalue weighted by atomic mass is 16.6. The Morgan fingerprint density at radius 2 is 1.73 bits per heavy atom. The number of nitro groups is 1. The van der Waals surface area contributed by atoms with E-state index in [1.807, 2.05) is 30.3 Å². The molecule has 0 aliphatic rings. The highest BCUT2D eigenvalue weighted by Crippen LogP contribution is 2.27. The quantitative estimate of drug-likeness (QED) is 0.435. The number of amides is 1. The number of benzene rings is 3. The fourth-order valence-electron chi connectivity index (χ4n) is 2.84. The van der Waals surface area contributed by atoms with E-state index in [9.17, 15) is 19.7 Å². The van der Waals surface area contributed by atoms with Crippen LogP contribution < -0.4 is 10.1 Å². The van der Waals surface area contributed by atoms with Gasteiger partial charge in [0, 0.05) is 18.7 Å². The van der Waals surface area contributed by atoms with Gasteiger partial charge in [0.1, 0.15) is 5.75 Å². The topological polar surface area (TPSA) is 119 Å². The lowest BCUT2D eigenvalue weighted by molar-refractivity contribution is -0.384. The largest absolute Gasteiger partial charge is 0.481 e. The van der Waals surface area contributed by atoms with Gasteiger partial charge in [0.2, 0.25) is 0 Å². The van der Waals surface area contributed by atoms with Crippen molar-refractivity contribution in [2.45, 2.75) is 6.54 Å². The summed E-state index contributed by atoms with van der Waals surface area (Å²) >= 11 is 0. The average molecular weight is 406 g/mol. The number of nitrogens with one attached hydrogen (secondary N) is 1. The van der Waals surface area contributed by atoms with Crippen LogP contribution in [0.4, 0.5) is 5.69 Å². The summed E-state index contributed by atoms with van der Waals surface area (Å²) in [6.45, 7) is -0.524. The van der Waals surface area contributed by atoms with Crippen molar-refractivity contribution in [2.24, 2.45) is 0 Å². The van der Waals surface area contributed by atoms with Crippen LogP contribution in [0, 0.1) is 10.1 Å². The number of non-ortho nitro benzene ring substituents is 1. The molecule has 152 valence electrons. The zero-order valence-electron chi connectivity index (χ0n) is 15.8. The number of hydrogen-bond acceptors (Lipinski definition) is 5. The molecular weight excluding hydrogens is 388 g/mol. The second-order valence-corrected chi connectivity index (χ2v) is 6.37. The van der Waals surface area contributed by atoms with Gasteiger partial charge in [-0.25, -0.2) is 4.79 Å². The van der Waals surface area contributed by atoms with Crippen LogP contribution in [-0.2, 0) is 11.3 Å². The molecule has 0 spiro atoms. The number of carboxylic acid groups (broad SMARTS) is 1. The molecule has 3 aromatic rings. The maximum Gasteiger partial charge on any atom is 0.341 e. The predicted molar refractivity (Wildman–Crippen MR) is 109 cm³/mol. The van der Waals surface area contributed by atoms with E-state index in [1.54, 1.807) is 24.3 Å². The predicted octanol–water partition coefficient (Wildman–Crippen LogP) is 3.66. The molecule has 0 fully saturated rings. The van der Waals surface area contributed by atoms with Gasteiger partial charge in [-0.15, -0.1) is 0 Å². The van der Waals surface area contributed by atoms with Gasteiger partial charge in [-0.05, 0) is 28.8 Å². The molecule has 0 saturated heterocycles. The second-order valence-electron chi connectivity index (χ2n) is 6.37. The van der Waals surface area contributed by atoms with Crippen LogP contribution in [0.25, 0.3) is 11.1 Å². The van der Waals surface area contributed by atoms with Crippen molar-refractivity contribution < 1.29 is 24.4 Å². The first kappa shape index (κ1) is 20.5. The van der Waals surface area contributed by atoms with Crippen molar-refractivity contribution in [3.8, 4) is 16.9 Å². The Kier molecular flexibility index (Phi) is 6.39. The monoisotopic (exact) mass is 406 g/mol. The van der Waals surface area contributed by atoms with Crippen LogP contribution in [0.2, 0.25) is 0 Å². The number of nitrogens with zero attached hydrogens (tertiary/aromatic N) is 1. The van der Waals surface area contributed by atoms with Gasteiger partial charge in [0.25, 0.3) is 11.6 Å². The Hall–Kier alpha value is -4.20. The molecule has 0 aliphatic carbocycles. The van der Waals surface area contributed by atoms with Crippen LogP contribution >= 0.6 is 0 Å². The number of carboxylic acids is 1. The van der Waals surface area contributed by atoms with Gasteiger partial charge in [-0.1, -0.05) is 48.5 Å². The van der Waals surface area contributed by atoms with Crippen LogP contribution in [0.3, 0.4) is 0 Å². The third-order valence-electron chi connectivity index (χ3n) is 4.26. The van der Waals surface area contributed by atoms with E-state index in [4.69, 9.17) is 9.84 Å². The molecule has 0 aliphatic heterocycles. The highest BCUT2D eigenvalue weighted by Gasteiger charge is 2.16. The second kappa shape index (κ2) is 9.33. The summed E-state index contributed by atoms with van der Waals surface area (Å²) in [7, 11) is 0.